The third kappa shape index (κ3) is 2.38. The second kappa shape index (κ2) is 4.56. The summed E-state index contributed by atoms with van der Waals surface area (Å²) in [6, 6.07) is 9.22. The summed E-state index contributed by atoms with van der Waals surface area (Å²) in [6.45, 7) is 4.40. The number of rotatable bonds is 4. The molecule has 0 spiro atoms. The Morgan fingerprint density at radius 3 is 2.67 bits per heavy atom. The summed E-state index contributed by atoms with van der Waals surface area (Å²) >= 11 is 0. The zero-order valence-corrected chi connectivity index (χ0v) is 11.0. The number of aryl methyl sites for hydroxylation is 1. The van der Waals surface area contributed by atoms with Crippen molar-refractivity contribution in [3.05, 3.63) is 29.8 Å². The van der Waals surface area contributed by atoms with Gasteiger partial charge in [0, 0.05) is 24.8 Å². The van der Waals surface area contributed by atoms with Crippen molar-refractivity contribution in [1.29, 1.82) is 0 Å². The maximum atomic E-state index is 9.76. The van der Waals surface area contributed by atoms with Crippen LogP contribution in [0.2, 0.25) is 0 Å². The van der Waals surface area contributed by atoms with Crippen LogP contribution in [0.15, 0.2) is 24.3 Å². The van der Waals surface area contributed by atoms with Gasteiger partial charge in [-0.2, -0.15) is 0 Å². The third-order valence-corrected chi connectivity index (χ3v) is 4.21. The highest BCUT2D eigenvalue weighted by Crippen LogP contribution is 2.34. The van der Waals surface area contributed by atoms with E-state index in [2.05, 4.69) is 41.4 Å². The minimum atomic E-state index is -0.141. The van der Waals surface area contributed by atoms with E-state index in [1.807, 2.05) is 0 Å². The number of anilines is 1. The van der Waals surface area contributed by atoms with Crippen LogP contribution in [0.25, 0.3) is 0 Å². The van der Waals surface area contributed by atoms with Gasteiger partial charge in [0.15, 0.2) is 0 Å². The molecule has 1 aliphatic heterocycles. The predicted molar refractivity (Wildman–Crippen MR) is 73.8 cm³/mol. The van der Waals surface area contributed by atoms with Crippen molar-refractivity contribution in [3.63, 3.8) is 0 Å². The molecule has 3 heteroatoms. The van der Waals surface area contributed by atoms with Gasteiger partial charge < -0.3 is 10.4 Å². The Kier molecular flexibility index (Phi) is 3.04. The molecule has 0 aromatic heterocycles. The largest absolute Gasteiger partial charge is 0.394 e. The highest BCUT2D eigenvalue weighted by Gasteiger charge is 2.42. The van der Waals surface area contributed by atoms with Crippen LogP contribution in [-0.4, -0.2) is 41.3 Å². The highest BCUT2D eigenvalue weighted by molar-refractivity contribution is 5.47. The van der Waals surface area contributed by atoms with Crippen molar-refractivity contribution >= 4 is 5.69 Å². The molecule has 0 bridgehead atoms. The van der Waals surface area contributed by atoms with Crippen LogP contribution in [0.3, 0.4) is 0 Å². The zero-order chi connectivity index (χ0) is 12.6. The molecule has 3 rings (SSSR count). The average Bonchev–Trinajstić information content (AvgIpc) is 3.15. The first kappa shape index (κ1) is 12.0. The number of nitrogens with one attached hydrogen (secondary N) is 1. The van der Waals surface area contributed by atoms with Gasteiger partial charge in [0.25, 0.3) is 0 Å². The Morgan fingerprint density at radius 1 is 1.33 bits per heavy atom. The Labute approximate surface area is 109 Å². The van der Waals surface area contributed by atoms with Crippen molar-refractivity contribution in [1.82, 2.24) is 4.90 Å². The van der Waals surface area contributed by atoms with Crippen LogP contribution in [0.4, 0.5) is 5.69 Å². The van der Waals surface area contributed by atoms with Gasteiger partial charge in [-0.25, -0.2) is 0 Å². The molecule has 2 fully saturated rings. The normalized spacial score (nSPS) is 28.6. The highest BCUT2D eigenvalue weighted by atomic mass is 16.3. The molecule has 3 nitrogen and oxygen atoms in total. The molecule has 1 unspecified atom stereocenters. The van der Waals surface area contributed by atoms with Crippen LogP contribution in [0.5, 0.6) is 0 Å². The Morgan fingerprint density at radius 2 is 2.06 bits per heavy atom. The molecule has 0 amide bonds. The monoisotopic (exact) mass is 246 g/mol. The smallest absolute Gasteiger partial charge is 0.0742 e. The lowest BCUT2D eigenvalue weighted by atomic mass is 9.99. The van der Waals surface area contributed by atoms with E-state index in [1.165, 1.54) is 18.4 Å². The van der Waals surface area contributed by atoms with E-state index in [-0.39, 0.29) is 12.1 Å². The number of nitrogens with zero attached hydrogens (tertiary/aromatic N) is 1. The Hall–Kier alpha value is -1.06. The SMILES string of the molecule is Cc1ccc(NC2(CO)CCN(C3CC3)C2)cc1. The molecule has 1 saturated heterocycles. The van der Waals surface area contributed by atoms with Gasteiger partial charge in [-0.15, -0.1) is 0 Å². The number of aliphatic hydroxyl groups is 1. The van der Waals surface area contributed by atoms with E-state index in [0.717, 1.165) is 31.2 Å². The van der Waals surface area contributed by atoms with Gasteiger partial charge in [-0.05, 0) is 38.3 Å². The lowest BCUT2D eigenvalue weighted by Crippen LogP contribution is -2.45. The van der Waals surface area contributed by atoms with Crippen LogP contribution < -0.4 is 5.32 Å². The van der Waals surface area contributed by atoms with E-state index in [0.29, 0.717) is 0 Å². The van der Waals surface area contributed by atoms with E-state index in [1.54, 1.807) is 0 Å². The molecule has 2 aliphatic rings. The van der Waals surface area contributed by atoms with Gasteiger partial charge in [-0.3, -0.25) is 4.90 Å². The summed E-state index contributed by atoms with van der Waals surface area (Å²) in [7, 11) is 0. The van der Waals surface area contributed by atoms with Gasteiger partial charge >= 0.3 is 0 Å². The average molecular weight is 246 g/mol. The minimum absolute atomic E-state index is 0.141. The molecular formula is C15H22N2O. The second-order valence-electron chi connectivity index (χ2n) is 5.88. The number of aliphatic hydroxyl groups excluding tert-OH is 1. The van der Waals surface area contributed by atoms with Crippen molar-refractivity contribution in [3.8, 4) is 0 Å². The third-order valence-electron chi connectivity index (χ3n) is 4.21. The topological polar surface area (TPSA) is 35.5 Å². The van der Waals surface area contributed by atoms with Crippen LogP contribution in [0.1, 0.15) is 24.8 Å². The molecule has 1 aliphatic carbocycles. The molecule has 1 saturated carbocycles. The molecular weight excluding hydrogens is 224 g/mol. The number of benzene rings is 1. The lowest BCUT2D eigenvalue weighted by Gasteiger charge is -2.30. The van der Waals surface area contributed by atoms with Crippen LogP contribution in [-0.2, 0) is 0 Å². The molecule has 18 heavy (non-hydrogen) atoms. The fourth-order valence-electron chi connectivity index (χ4n) is 2.87. The van der Waals surface area contributed by atoms with Crippen molar-refractivity contribution in [2.45, 2.75) is 37.8 Å². The van der Waals surface area contributed by atoms with Crippen molar-refractivity contribution in [2.24, 2.45) is 0 Å². The molecule has 1 aromatic carbocycles. The van der Waals surface area contributed by atoms with E-state index in [9.17, 15) is 5.11 Å². The van der Waals surface area contributed by atoms with E-state index < -0.39 is 0 Å². The minimum Gasteiger partial charge on any atom is -0.394 e. The number of likely N-dealkylation sites (tertiary alicyclic amines) is 1. The van der Waals surface area contributed by atoms with Gasteiger partial charge in [-0.1, -0.05) is 17.7 Å². The summed E-state index contributed by atoms with van der Waals surface area (Å²) in [4.78, 5) is 2.53. The molecule has 1 heterocycles. The standard InChI is InChI=1S/C15H22N2O/c1-12-2-4-13(5-3-12)16-15(11-18)8-9-17(10-15)14-6-7-14/h2-5,14,16,18H,6-11H2,1H3. The van der Waals surface area contributed by atoms with Crippen molar-refractivity contribution in [2.75, 3.05) is 25.0 Å². The molecule has 0 radical (unpaired) electrons. The first-order valence-corrected chi connectivity index (χ1v) is 6.91. The summed E-state index contributed by atoms with van der Waals surface area (Å²) in [5.74, 6) is 0. The summed E-state index contributed by atoms with van der Waals surface area (Å²) in [5, 5.41) is 13.3. The maximum Gasteiger partial charge on any atom is 0.0742 e. The fourth-order valence-corrected chi connectivity index (χ4v) is 2.87. The Bertz CT molecular complexity index is 413. The first-order valence-electron chi connectivity index (χ1n) is 6.91. The molecule has 1 atom stereocenters. The quantitative estimate of drug-likeness (QED) is 0.853. The first-order chi connectivity index (χ1) is 8.71. The Balaban J connectivity index is 1.70. The maximum absolute atomic E-state index is 9.76. The van der Waals surface area contributed by atoms with Crippen LogP contribution >= 0.6 is 0 Å². The fraction of sp³-hybridized carbons (Fsp3) is 0.600. The molecule has 1 aromatic rings. The van der Waals surface area contributed by atoms with Gasteiger partial charge in [0.2, 0.25) is 0 Å². The van der Waals surface area contributed by atoms with E-state index in [4.69, 9.17) is 0 Å². The summed E-state index contributed by atoms with van der Waals surface area (Å²) < 4.78 is 0. The van der Waals surface area contributed by atoms with Gasteiger partial charge in [0.1, 0.15) is 0 Å². The zero-order valence-electron chi connectivity index (χ0n) is 11.0. The van der Waals surface area contributed by atoms with Crippen LogP contribution in [0, 0.1) is 6.92 Å². The predicted octanol–water partition coefficient (Wildman–Crippen LogP) is 2.01. The molecule has 98 valence electrons. The van der Waals surface area contributed by atoms with Gasteiger partial charge in [0.05, 0.1) is 12.1 Å². The van der Waals surface area contributed by atoms with E-state index >= 15 is 0 Å². The summed E-state index contributed by atoms with van der Waals surface area (Å²) in [6.07, 6.45) is 3.71. The summed E-state index contributed by atoms with van der Waals surface area (Å²) in [5.41, 5.74) is 2.25. The number of hydrogen-bond acceptors (Lipinski definition) is 3. The second-order valence-corrected chi connectivity index (χ2v) is 5.88. The molecule has 2 N–H and O–H groups in total. The number of hydrogen-bond donors (Lipinski definition) is 2. The van der Waals surface area contributed by atoms with Crippen molar-refractivity contribution < 1.29 is 5.11 Å². The lowest BCUT2D eigenvalue weighted by molar-refractivity contribution is 0.205.